The van der Waals surface area contributed by atoms with Gasteiger partial charge in [0.1, 0.15) is 11.5 Å². The molecule has 4 heteroatoms. The number of amides is 1. The number of rotatable bonds is 8. The Hall–Kier alpha value is -2.49. The lowest BCUT2D eigenvalue weighted by atomic mass is 10.1. The van der Waals surface area contributed by atoms with Gasteiger partial charge in [-0.3, -0.25) is 4.79 Å². The summed E-state index contributed by atoms with van der Waals surface area (Å²) in [7, 11) is 1.64. The van der Waals surface area contributed by atoms with Crippen LogP contribution in [0.3, 0.4) is 0 Å². The third-order valence-electron chi connectivity index (χ3n) is 3.56. The van der Waals surface area contributed by atoms with E-state index in [1.54, 1.807) is 7.11 Å². The van der Waals surface area contributed by atoms with E-state index in [0.717, 1.165) is 22.6 Å². The molecule has 0 aliphatic heterocycles. The molecular formula is C20H25NO3. The highest BCUT2D eigenvalue weighted by Crippen LogP contribution is 2.15. The van der Waals surface area contributed by atoms with Crippen LogP contribution in [-0.4, -0.2) is 19.1 Å². The molecule has 0 radical (unpaired) electrons. The van der Waals surface area contributed by atoms with Gasteiger partial charge in [-0.15, -0.1) is 0 Å². The molecule has 0 atom stereocenters. The fourth-order valence-electron chi connectivity index (χ4n) is 2.34. The molecule has 0 unspecified atom stereocenters. The number of carbonyl (C=O) groups is 1. The minimum Gasteiger partial charge on any atom is -0.497 e. The van der Waals surface area contributed by atoms with Crippen molar-refractivity contribution >= 4 is 5.91 Å². The maximum absolute atomic E-state index is 12.0. The van der Waals surface area contributed by atoms with Gasteiger partial charge in [0.2, 0.25) is 5.91 Å². The lowest BCUT2D eigenvalue weighted by Crippen LogP contribution is -2.23. The van der Waals surface area contributed by atoms with E-state index in [1.807, 2.05) is 62.4 Å². The Balaban J connectivity index is 1.78. The predicted octanol–water partition coefficient (Wildman–Crippen LogP) is 3.73. The second-order valence-electron chi connectivity index (χ2n) is 5.94. The topological polar surface area (TPSA) is 47.6 Å². The first-order valence-corrected chi connectivity index (χ1v) is 8.22. The minimum atomic E-state index is 0.0426. The third kappa shape index (κ3) is 5.95. The molecule has 2 aromatic carbocycles. The summed E-state index contributed by atoms with van der Waals surface area (Å²) in [5, 5.41) is 2.95. The molecule has 0 aliphatic rings. The van der Waals surface area contributed by atoms with Crippen molar-refractivity contribution in [2.24, 2.45) is 0 Å². The van der Waals surface area contributed by atoms with Gasteiger partial charge in [0.25, 0.3) is 0 Å². The van der Waals surface area contributed by atoms with Gasteiger partial charge >= 0.3 is 0 Å². The molecule has 128 valence electrons. The van der Waals surface area contributed by atoms with Crippen LogP contribution in [0, 0.1) is 0 Å². The van der Waals surface area contributed by atoms with Gasteiger partial charge in [-0.05, 0) is 55.7 Å². The van der Waals surface area contributed by atoms with E-state index in [1.165, 1.54) is 0 Å². The maximum Gasteiger partial charge on any atom is 0.220 e. The van der Waals surface area contributed by atoms with E-state index in [-0.39, 0.29) is 12.0 Å². The zero-order valence-electron chi connectivity index (χ0n) is 14.5. The maximum atomic E-state index is 12.0. The predicted molar refractivity (Wildman–Crippen MR) is 95.4 cm³/mol. The molecule has 0 saturated carbocycles. The standard InChI is InChI=1S/C20H25NO3/c1-15(2)24-19-6-4-5-17(13-19)14-21-20(22)12-9-16-7-10-18(23-3)11-8-16/h4-8,10-11,13,15H,9,12,14H2,1-3H3,(H,21,22). The van der Waals surface area contributed by atoms with Crippen molar-refractivity contribution in [1.29, 1.82) is 0 Å². The molecule has 0 aromatic heterocycles. The Morgan fingerprint density at radius 3 is 2.46 bits per heavy atom. The molecule has 2 aromatic rings. The van der Waals surface area contributed by atoms with Crippen LogP contribution in [0.1, 0.15) is 31.4 Å². The Morgan fingerprint density at radius 1 is 1.04 bits per heavy atom. The third-order valence-corrected chi connectivity index (χ3v) is 3.56. The first-order chi connectivity index (χ1) is 11.6. The Morgan fingerprint density at radius 2 is 1.79 bits per heavy atom. The summed E-state index contributed by atoms with van der Waals surface area (Å²) in [5.41, 5.74) is 2.16. The van der Waals surface area contributed by atoms with Gasteiger partial charge < -0.3 is 14.8 Å². The summed E-state index contributed by atoms with van der Waals surface area (Å²) in [4.78, 5) is 12.0. The first-order valence-electron chi connectivity index (χ1n) is 8.22. The Bertz CT molecular complexity index is 650. The van der Waals surface area contributed by atoms with Gasteiger partial charge in [-0.2, -0.15) is 0 Å². The number of aryl methyl sites for hydroxylation is 1. The molecule has 0 heterocycles. The first kappa shape index (κ1) is 17.9. The number of hydrogen-bond acceptors (Lipinski definition) is 3. The van der Waals surface area contributed by atoms with Crippen LogP contribution in [0.4, 0.5) is 0 Å². The van der Waals surface area contributed by atoms with Crippen molar-refractivity contribution in [2.45, 2.75) is 39.3 Å². The monoisotopic (exact) mass is 327 g/mol. The molecule has 0 spiro atoms. The van der Waals surface area contributed by atoms with Crippen molar-refractivity contribution in [3.8, 4) is 11.5 Å². The quantitative estimate of drug-likeness (QED) is 0.803. The normalized spacial score (nSPS) is 10.5. The van der Waals surface area contributed by atoms with Gasteiger partial charge in [-0.1, -0.05) is 24.3 Å². The van der Waals surface area contributed by atoms with E-state index in [9.17, 15) is 4.79 Å². The molecule has 24 heavy (non-hydrogen) atoms. The minimum absolute atomic E-state index is 0.0426. The van der Waals surface area contributed by atoms with Crippen molar-refractivity contribution in [1.82, 2.24) is 5.32 Å². The Labute approximate surface area is 143 Å². The molecule has 1 amide bonds. The van der Waals surface area contributed by atoms with E-state index in [0.29, 0.717) is 19.4 Å². The highest BCUT2D eigenvalue weighted by Gasteiger charge is 2.04. The summed E-state index contributed by atoms with van der Waals surface area (Å²) >= 11 is 0. The van der Waals surface area contributed by atoms with Crippen LogP contribution in [0.25, 0.3) is 0 Å². The van der Waals surface area contributed by atoms with Crippen LogP contribution < -0.4 is 14.8 Å². The zero-order valence-corrected chi connectivity index (χ0v) is 14.5. The molecule has 0 fully saturated rings. The molecule has 0 bridgehead atoms. The van der Waals surface area contributed by atoms with Crippen LogP contribution >= 0.6 is 0 Å². The number of benzene rings is 2. The number of nitrogens with one attached hydrogen (secondary N) is 1. The number of carbonyl (C=O) groups excluding carboxylic acids is 1. The molecule has 4 nitrogen and oxygen atoms in total. The van der Waals surface area contributed by atoms with Crippen LogP contribution in [-0.2, 0) is 17.8 Å². The molecule has 0 saturated heterocycles. The van der Waals surface area contributed by atoms with Gasteiger partial charge in [0.05, 0.1) is 13.2 Å². The summed E-state index contributed by atoms with van der Waals surface area (Å²) in [5.74, 6) is 1.70. The Kier molecular flexibility index (Phi) is 6.67. The van der Waals surface area contributed by atoms with Crippen LogP contribution in [0.15, 0.2) is 48.5 Å². The van der Waals surface area contributed by atoms with Gasteiger partial charge in [0.15, 0.2) is 0 Å². The second kappa shape index (κ2) is 8.96. The summed E-state index contributed by atoms with van der Waals surface area (Å²) in [6, 6.07) is 15.6. The average Bonchev–Trinajstić information content (AvgIpc) is 2.58. The summed E-state index contributed by atoms with van der Waals surface area (Å²) in [6.07, 6.45) is 1.32. The van der Waals surface area contributed by atoms with Gasteiger partial charge in [-0.25, -0.2) is 0 Å². The van der Waals surface area contributed by atoms with E-state index < -0.39 is 0 Å². The fraction of sp³-hybridized carbons (Fsp3) is 0.350. The average molecular weight is 327 g/mol. The SMILES string of the molecule is COc1ccc(CCC(=O)NCc2cccc(OC(C)C)c2)cc1. The molecule has 0 aliphatic carbocycles. The van der Waals surface area contributed by atoms with E-state index in [4.69, 9.17) is 9.47 Å². The molecule has 2 rings (SSSR count). The molecule has 1 N–H and O–H groups in total. The highest BCUT2D eigenvalue weighted by atomic mass is 16.5. The number of ether oxygens (including phenoxy) is 2. The zero-order chi connectivity index (χ0) is 17.4. The van der Waals surface area contributed by atoms with Crippen molar-refractivity contribution < 1.29 is 14.3 Å². The van der Waals surface area contributed by atoms with E-state index in [2.05, 4.69) is 5.32 Å². The smallest absolute Gasteiger partial charge is 0.220 e. The van der Waals surface area contributed by atoms with Gasteiger partial charge in [0, 0.05) is 13.0 Å². The lowest BCUT2D eigenvalue weighted by molar-refractivity contribution is -0.121. The highest BCUT2D eigenvalue weighted by molar-refractivity contribution is 5.76. The van der Waals surface area contributed by atoms with Crippen LogP contribution in [0.5, 0.6) is 11.5 Å². The lowest BCUT2D eigenvalue weighted by Gasteiger charge is -2.11. The fourth-order valence-corrected chi connectivity index (χ4v) is 2.34. The molecular weight excluding hydrogens is 302 g/mol. The van der Waals surface area contributed by atoms with Crippen LogP contribution in [0.2, 0.25) is 0 Å². The van der Waals surface area contributed by atoms with Crippen molar-refractivity contribution in [3.05, 3.63) is 59.7 Å². The largest absolute Gasteiger partial charge is 0.497 e. The summed E-state index contributed by atoms with van der Waals surface area (Å²) < 4.78 is 10.8. The van der Waals surface area contributed by atoms with E-state index >= 15 is 0 Å². The number of hydrogen-bond donors (Lipinski definition) is 1. The number of methoxy groups -OCH3 is 1. The second-order valence-corrected chi connectivity index (χ2v) is 5.94. The summed E-state index contributed by atoms with van der Waals surface area (Å²) in [6.45, 7) is 4.50. The van der Waals surface area contributed by atoms with Crippen molar-refractivity contribution in [3.63, 3.8) is 0 Å². The van der Waals surface area contributed by atoms with Crippen molar-refractivity contribution in [2.75, 3.05) is 7.11 Å².